The van der Waals surface area contributed by atoms with Gasteiger partial charge in [-0.25, -0.2) is 0 Å². The van der Waals surface area contributed by atoms with E-state index in [1.807, 2.05) is 19.9 Å². The number of carbonyl (C=O) groups excluding carboxylic acids is 2. The normalized spacial score (nSPS) is 11.3. The molecule has 0 unspecified atom stereocenters. The minimum atomic E-state index is -1.45. The first kappa shape index (κ1) is 25.5. The Labute approximate surface area is 223 Å². The Morgan fingerprint density at radius 2 is 1.59 bits per heavy atom. The van der Waals surface area contributed by atoms with E-state index in [9.17, 15) is 14.7 Å². The molecule has 0 radical (unpaired) electrons. The van der Waals surface area contributed by atoms with Crippen molar-refractivity contribution in [1.82, 2.24) is 8.75 Å². The van der Waals surface area contributed by atoms with Gasteiger partial charge in [-0.2, -0.15) is 14.0 Å². The van der Waals surface area contributed by atoms with Crippen LogP contribution in [0.2, 0.25) is 0 Å². The number of carbonyl (C=O) groups is 2. The van der Waals surface area contributed by atoms with Crippen LogP contribution in [0.15, 0.2) is 66.2 Å². The van der Waals surface area contributed by atoms with Crippen molar-refractivity contribution in [2.45, 2.75) is 20.3 Å². The zero-order chi connectivity index (χ0) is 23.5. The molecule has 0 atom stereocenters. The van der Waals surface area contributed by atoms with Crippen LogP contribution in [0.1, 0.15) is 38.2 Å². The van der Waals surface area contributed by atoms with Gasteiger partial charge in [-0.3, -0.25) is 4.79 Å². The number of benzene rings is 3. The van der Waals surface area contributed by atoms with E-state index >= 15 is 0 Å². The molecular weight excluding hydrogens is 457 g/mol. The molecule has 0 saturated heterocycles. The minimum absolute atomic E-state index is 0. The second kappa shape index (κ2) is 10.9. The van der Waals surface area contributed by atoms with Crippen molar-refractivity contribution in [3.63, 3.8) is 0 Å². The molecule has 0 aliphatic rings. The molecule has 1 heterocycles. The molecule has 1 aromatic heterocycles. The van der Waals surface area contributed by atoms with E-state index in [4.69, 9.17) is 5.26 Å². The van der Waals surface area contributed by atoms with Crippen LogP contribution in [0.25, 0.3) is 16.6 Å². The van der Waals surface area contributed by atoms with E-state index in [0.717, 1.165) is 22.9 Å². The van der Waals surface area contributed by atoms with E-state index in [1.165, 1.54) is 0 Å². The van der Waals surface area contributed by atoms with Gasteiger partial charge in [0, 0.05) is 23.1 Å². The van der Waals surface area contributed by atoms with Gasteiger partial charge in [0.2, 0.25) is 0 Å². The van der Waals surface area contributed by atoms with Crippen LogP contribution in [0.4, 0.5) is 0 Å². The van der Waals surface area contributed by atoms with E-state index in [0.29, 0.717) is 33.3 Å². The fraction of sp³-hybridized carbons (Fsp3) is 0.115. The Morgan fingerprint density at radius 3 is 2.24 bits per heavy atom. The second-order valence-corrected chi connectivity index (χ2v) is 8.25. The molecule has 0 amide bonds. The summed E-state index contributed by atoms with van der Waals surface area (Å²) >= 11 is 1.03. The molecule has 0 aliphatic heterocycles. The third kappa shape index (κ3) is 5.32. The summed E-state index contributed by atoms with van der Waals surface area (Å²) in [7, 11) is 0. The maximum Gasteiger partial charge on any atom is 1.00 e. The van der Waals surface area contributed by atoms with Crippen LogP contribution in [0.5, 0.6) is 0 Å². The van der Waals surface area contributed by atoms with Gasteiger partial charge in [-0.15, -0.1) is 0 Å². The Kier molecular flexibility index (Phi) is 8.13. The number of allylic oxidation sites excluding steroid dienone is 1. The first-order valence-electron chi connectivity index (χ1n) is 10.2. The molecule has 0 N–H and O–H groups in total. The number of hydrogen-bond donors (Lipinski definition) is 0. The van der Waals surface area contributed by atoms with Crippen LogP contribution < -0.4 is 34.7 Å². The summed E-state index contributed by atoms with van der Waals surface area (Å²) in [5.41, 5.74) is 5.00. The zero-order valence-electron chi connectivity index (χ0n) is 19.0. The quantitative estimate of drug-likeness (QED) is 0.232. The average Bonchev–Trinajstić information content (AvgIpc) is 3.28. The number of rotatable bonds is 6. The molecule has 0 aliphatic carbocycles. The molecule has 4 rings (SSSR count). The molecule has 0 spiro atoms. The van der Waals surface area contributed by atoms with Gasteiger partial charge in [0.15, 0.2) is 5.78 Å². The number of nitriles is 1. The Bertz CT molecular complexity index is 1470. The van der Waals surface area contributed by atoms with Gasteiger partial charge in [0.25, 0.3) is 0 Å². The summed E-state index contributed by atoms with van der Waals surface area (Å²) in [5, 5.41) is 21.4. The number of nitrogens with zero attached hydrogens (tertiary/aromatic N) is 3. The minimum Gasteiger partial charge on any atom is -0.545 e. The summed E-state index contributed by atoms with van der Waals surface area (Å²) in [4.78, 5) is 26.0. The van der Waals surface area contributed by atoms with Crippen LogP contribution >= 0.6 is 11.7 Å². The van der Waals surface area contributed by atoms with E-state index < -0.39 is 11.8 Å². The van der Waals surface area contributed by atoms with Crippen LogP contribution in [-0.4, -0.2) is 20.5 Å². The van der Waals surface area contributed by atoms with Gasteiger partial charge in [-0.05, 0) is 66.4 Å². The molecule has 0 fully saturated rings. The third-order valence-corrected chi connectivity index (χ3v) is 6.11. The molecule has 162 valence electrons. The third-order valence-electron chi connectivity index (χ3n) is 5.56. The van der Waals surface area contributed by atoms with Crippen LogP contribution in [-0.2, 0) is 11.2 Å². The summed E-state index contributed by atoms with van der Waals surface area (Å²) in [6, 6.07) is 19.0. The second-order valence-electron chi connectivity index (χ2n) is 7.72. The molecule has 6 nitrogen and oxygen atoms in total. The van der Waals surface area contributed by atoms with E-state index in [2.05, 4.69) is 14.8 Å². The van der Waals surface area contributed by atoms with Crippen molar-refractivity contribution in [3.05, 3.63) is 99.6 Å². The van der Waals surface area contributed by atoms with E-state index in [1.54, 1.807) is 54.6 Å². The summed E-state index contributed by atoms with van der Waals surface area (Å²) < 4.78 is 8.34. The van der Waals surface area contributed by atoms with Gasteiger partial charge in [-0.1, -0.05) is 30.3 Å². The molecule has 4 aromatic rings. The molecular formula is C26H18N3NaO3S. The summed E-state index contributed by atoms with van der Waals surface area (Å²) in [6.07, 6.45) is 0.0636. The Balaban J connectivity index is 0.00000324. The Hall–Kier alpha value is -3.15. The monoisotopic (exact) mass is 475 g/mol. The number of aliphatic carboxylic acids is 1. The van der Waals surface area contributed by atoms with Gasteiger partial charge in [0.05, 0.1) is 29.3 Å². The van der Waals surface area contributed by atoms with Gasteiger partial charge in [0.1, 0.15) is 11.0 Å². The van der Waals surface area contributed by atoms with Crippen LogP contribution in [0.3, 0.4) is 0 Å². The molecule has 34 heavy (non-hydrogen) atoms. The SMILES string of the molecule is Cc1ccc(C(=O)C(Cc2ccc(C#N)cc2)=C(C(=O)[O-])c2ccc3nsnc3c2)cc1C.[Na+]. The summed E-state index contributed by atoms with van der Waals surface area (Å²) in [6.45, 7) is 3.85. The van der Waals surface area contributed by atoms with Crippen molar-refractivity contribution in [3.8, 4) is 6.07 Å². The number of hydrogen-bond acceptors (Lipinski definition) is 7. The first-order chi connectivity index (χ1) is 15.9. The van der Waals surface area contributed by atoms with E-state index in [-0.39, 0.29) is 47.1 Å². The number of aryl methyl sites for hydroxylation is 2. The maximum absolute atomic E-state index is 13.6. The maximum atomic E-state index is 13.6. The van der Waals surface area contributed by atoms with Crippen molar-refractivity contribution in [2.75, 3.05) is 0 Å². The molecule has 0 saturated carbocycles. The molecule has 8 heteroatoms. The smallest absolute Gasteiger partial charge is 0.545 e. The Morgan fingerprint density at radius 1 is 0.912 bits per heavy atom. The fourth-order valence-electron chi connectivity index (χ4n) is 3.59. The number of carboxylic acids is 1. The standard InChI is InChI=1S/C26H19N3O3S.Na/c1-15-3-8-20(11-16(15)2)25(30)21(12-17-4-6-18(14-27)7-5-17)24(26(31)32)19-9-10-22-23(13-19)29-33-28-22;/h3-11,13H,12H2,1-2H3,(H,31,32);/q;+1/p-1. The zero-order valence-corrected chi connectivity index (χ0v) is 21.8. The predicted molar refractivity (Wildman–Crippen MR) is 124 cm³/mol. The number of ketones is 1. The van der Waals surface area contributed by atoms with Crippen molar-refractivity contribution >= 4 is 40.1 Å². The number of carboxylic acid groups (broad SMARTS) is 1. The van der Waals surface area contributed by atoms with Crippen molar-refractivity contribution in [2.24, 2.45) is 0 Å². The van der Waals surface area contributed by atoms with Gasteiger partial charge >= 0.3 is 29.6 Å². The fourth-order valence-corrected chi connectivity index (χ4v) is 4.11. The first-order valence-corrected chi connectivity index (χ1v) is 10.9. The number of Topliss-reactive ketones (excluding diaryl/α,β-unsaturated/α-hetero) is 1. The summed E-state index contributed by atoms with van der Waals surface area (Å²) in [5.74, 6) is -1.84. The van der Waals surface area contributed by atoms with Crippen molar-refractivity contribution in [1.29, 1.82) is 5.26 Å². The number of fused-ring (bicyclic) bond motifs is 1. The van der Waals surface area contributed by atoms with Crippen molar-refractivity contribution < 1.29 is 44.3 Å². The topological polar surface area (TPSA) is 107 Å². The largest absolute Gasteiger partial charge is 1.00 e. The molecule has 3 aromatic carbocycles. The average molecular weight is 476 g/mol. The number of aromatic nitrogens is 2. The van der Waals surface area contributed by atoms with Crippen LogP contribution in [0, 0.1) is 25.2 Å². The predicted octanol–water partition coefficient (Wildman–Crippen LogP) is 0.813. The molecule has 0 bridgehead atoms. The van der Waals surface area contributed by atoms with Gasteiger partial charge < -0.3 is 9.90 Å².